The average Bonchev–Trinajstić information content (AvgIpc) is 2.87. The van der Waals surface area contributed by atoms with E-state index in [0.717, 1.165) is 16.5 Å². The molecule has 0 unspecified atom stereocenters. The summed E-state index contributed by atoms with van der Waals surface area (Å²) in [6.45, 7) is 1.79. The molecule has 3 aromatic rings. The molecule has 0 saturated heterocycles. The normalized spacial score (nSPS) is 10.6. The molecular formula is C15H13N3O2S. The molecular weight excluding hydrogens is 286 g/mol. The number of aromatic nitrogens is 2. The number of carbonyl (C=O) groups is 1. The Morgan fingerprint density at radius 1 is 1.33 bits per heavy atom. The molecule has 1 N–H and O–H groups in total. The third-order valence-corrected chi connectivity index (χ3v) is 4.15. The van der Waals surface area contributed by atoms with Crippen LogP contribution >= 0.6 is 11.3 Å². The number of hydrogen-bond donors (Lipinski definition) is 1. The first-order chi connectivity index (χ1) is 10.2. The molecule has 0 saturated carbocycles. The molecule has 106 valence electrons. The second-order valence-corrected chi connectivity index (χ2v) is 5.45. The summed E-state index contributed by atoms with van der Waals surface area (Å²) in [5, 5.41) is 6.00. The lowest BCUT2D eigenvalue weighted by atomic mass is 10.1. The van der Waals surface area contributed by atoms with Crippen molar-refractivity contribution < 1.29 is 9.53 Å². The number of rotatable bonds is 3. The Morgan fingerprint density at radius 3 is 3.00 bits per heavy atom. The fourth-order valence-corrected chi connectivity index (χ4v) is 2.97. The summed E-state index contributed by atoms with van der Waals surface area (Å²) >= 11 is 1.28. The molecule has 3 rings (SSSR count). The van der Waals surface area contributed by atoms with Crippen LogP contribution < -0.4 is 5.32 Å². The van der Waals surface area contributed by atoms with Gasteiger partial charge in [-0.05, 0) is 24.4 Å². The van der Waals surface area contributed by atoms with Crippen molar-refractivity contribution >= 4 is 38.9 Å². The first-order valence-electron chi connectivity index (χ1n) is 6.34. The van der Waals surface area contributed by atoms with Crippen LogP contribution in [0.4, 0.5) is 10.8 Å². The van der Waals surface area contributed by atoms with Gasteiger partial charge < -0.3 is 10.1 Å². The smallest absolute Gasteiger partial charge is 0.350 e. The lowest BCUT2D eigenvalue weighted by Crippen LogP contribution is -1.99. The number of ether oxygens (including phenoxy) is 1. The van der Waals surface area contributed by atoms with Crippen LogP contribution in [-0.2, 0) is 4.74 Å². The van der Waals surface area contributed by atoms with E-state index < -0.39 is 0 Å². The number of pyridine rings is 1. The van der Waals surface area contributed by atoms with Gasteiger partial charge in [0.2, 0.25) is 0 Å². The zero-order valence-electron chi connectivity index (χ0n) is 11.6. The van der Waals surface area contributed by atoms with Gasteiger partial charge in [-0.15, -0.1) is 0 Å². The van der Waals surface area contributed by atoms with Crippen LogP contribution in [0.5, 0.6) is 0 Å². The van der Waals surface area contributed by atoms with Gasteiger partial charge in [-0.1, -0.05) is 23.5 Å². The maximum Gasteiger partial charge on any atom is 0.350 e. The first-order valence-corrected chi connectivity index (χ1v) is 7.16. The summed E-state index contributed by atoms with van der Waals surface area (Å²) in [7, 11) is 1.37. The van der Waals surface area contributed by atoms with Crippen molar-refractivity contribution in [1.82, 2.24) is 9.97 Å². The van der Waals surface area contributed by atoms with Gasteiger partial charge in [0.15, 0.2) is 5.13 Å². The number of carbonyl (C=O) groups excluding carboxylic acids is 1. The van der Waals surface area contributed by atoms with Gasteiger partial charge >= 0.3 is 5.97 Å². The highest BCUT2D eigenvalue weighted by atomic mass is 32.1. The molecule has 5 nitrogen and oxygen atoms in total. The predicted molar refractivity (Wildman–Crippen MR) is 83.2 cm³/mol. The molecule has 0 aliphatic rings. The zero-order chi connectivity index (χ0) is 14.8. The van der Waals surface area contributed by atoms with Gasteiger partial charge in [0, 0.05) is 23.5 Å². The Kier molecular flexibility index (Phi) is 3.53. The fraction of sp³-hybridized carbons (Fsp3) is 0.133. The largest absolute Gasteiger partial charge is 0.465 e. The van der Waals surface area contributed by atoms with Gasteiger partial charge in [-0.25, -0.2) is 9.78 Å². The van der Waals surface area contributed by atoms with Gasteiger partial charge in [0.05, 0.1) is 12.8 Å². The van der Waals surface area contributed by atoms with Crippen molar-refractivity contribution in [3.63, 3.8) is 0 Å². The highest BCUT2D eigenvalue weighted by molar-refractivity contribution is 7.17. The number of aryl methyl sites for hydroxylation is 1. The van der Waals surface area contributed by atoms with Gasteiger partial charge in [-0.3, -0.25) is 4.98 Å². The number of nitrogens with zero attached hydrogens (tertiary/aromatic N) is 2. The van der Waals surface area contributed by atoms with E-state index in [2.05, 4.69) is 15.3 Å². The minimum atomic E-state index is -0.363. The maximum absolute atomic E-state index is 11.6. The van der Waals surface area contributed by atoms with Crippen molar-refractivity contribution in [2.45, 2.75) is 6.92 Å². The summed E-state index contributed by atoms with van der Waals surface area (Å²) in [5.74, 6) is -0.363. The Labute approximate surface area is 125 Å². The number of thiazole rings is 1. The minimum absolute atomic E-state index is 0.363. The first kappa shape index (κ1) is 13.5. The molecule has 0 aliphatic heterocycles. The van der Waals surface area contributed by atoms with Gasteiger partial charge in [0.1, 0.15) is 4.88 Å². The molecule has 0 amide bonds. The molecule has 0 atom stereocenters. The lowest BCUT2D eigenvalue weighted by Gasteiger charge is -2.06. The molecule has 6 heteroatoms. The highest BCUT2D eigenvalue weighted by Gasteiger charge is 2.16. The van der Waals surface area contributed by atoms with Crippen molar-refractivity contribution in [3.8, 4) is 0 Å². The molecule has 0 radical (unpaired) electrons. The summed E-state index contributed by atoms with van der Waals surface area (Å²) in [4.78, 5) is 20.7. The topological polar surface area (TPSA) is 64.1 Å². The Hall–Kier alpha value is -2.47. The van der Waals surface area contributed by atoms with E-state index in [1.165, 1.54) is 18.4 Å². The third kappa shape index (κ3) is 2.57. The van der Waals surface area contributed by atoms with Crippen LogP contribution in [0.3, 0.4) is 0 Å². The zero-order valence-corrected chi connectivity index (χ0v) is 12.4. The average molecular weight is 299 g/mol. The van der Waals surface area contributed by atoms with E-state index in [4.69, 9.17) is 4.74 Å². The van der Waals surface area contributed by atoms with Crippen LogP contribution in [0.15, 0.2) is 36.7 Å². The molecule has 0 aliphatic carbocycles. The standard InChI is InChI=1S/C15H13N3O2S/c1-9-13(14(19)20-2)21-15(17-9)18-12-5-3-4-10-6-7-16-8-11(10)12/h3-8H,1-2H3,(H,17,18). The second-order valence-electron chi connectivity index (χ2n) is 4.45. The fourth-order valence-electron chi connectivity index (χ4n) is 2.07. The number of esters is 1. The van der Waals surface area contributed by atoms with Crippen LogP contribution in [0.25, 0.3) is 10.8 Å². The van der Waals surface area contributed by atoms with Crippen LogP contribution in [0.1, 0.15) is 15.4 Å². The van der Waals surface area contributed by atoms with Gasteiger partial charge in [0.25, 0.3) is 0 Å². The predicted octanol–water partition coefficient (Wildman–Crippen LogP) is 3.53. The number of hydrogen-bond acceptors (Lipinski definition) is 6. The Bertz CT molecular complexity index is 808. The molecule has 1 aromatic carbocycles. The van der Waals surface area contributed by atoms with Crippen LogP contribution in [0.2, 0.25) is 0 Å². The van der Waals surface area contributed by atoms with E-state index in [1.807, 2.05) is 24.3 Å². The minimum Gasteiger partial charge on any atom is -0.465 e. The lowest BCUT2D eigenvalue weighted by molar-refractivity contribution is 0.0605. The quantitative estimate of drug-likeness (QED) is 0.749. The number of methoxy groups -OCH3 is 1. The van der Waals surface area contributed by atoms with Crippen molar-refractivity contribution in [3.05, 3.63) is 47.2 Å². The molecule has 2 heterocycles. The molecule has 2 aromatic heterocycles. The van der Waals surface area contributed by atoms with Crippen molar-refractivity contribution in [2.75, 3.05) is 12.4 Å². The Balaban J connectivity index is 1.98. The Morgan fingerprint density at radius 2 is 2.19 bits per heavy atom. The summed E-state index contributed by atoms with van der Waals surface area (Å²) in [6, 6.07) is 7.90. The number of nitrogens with one attached hydrogen (secondary N) is 1. The highest BCUT2D eigenvalue weighted by Crippen LogP contribution is 2.29. The third-order valence-electron chi connectivity index (χ3n) is 3.09. The number of anilines is 2. The van der Waals surface area contributed by atoms with Crippen LogP contribution in [-0.4, -0.2) is 23.0 Å². The number of fused-ring (bicyclic) bond motifs is 1. The van der Waals surface area contributed by atoms with E-state index in [0.29, 0.717) is 15.7 Å². The SMILES string of the molecule is COC(=O)c1sc(Nc2cccc3ccncc23)nc1C. The van der Waals surface area contributed by atoms with Crippen LogP contribution in [0, 0.1) is 6.92 Å². The van der Waals surface area contributed by atoms with E-state index in [9.17, 15) is 4.79 Å². The molecule has 0 fully saturated rings. The summed E-state index contributed by atoms with van der Waals surface area (Å²) in [5.41, 5.74) is 1.57. The summed E-state index contributed by atoms with van der Waals surface area (Å²) < 4.78 is 4.74. The van der Waals surface area contributed by atoms with E-state index >= 15 is 0 Å². The van der Waals surface area contributed by atoms with Crippen molar-refractivity contribution in [2.24, 2.45) is 0 Å². The van der Waals surface area contributed by atoms with E-state index in [-0.39, 0.29) is 5.97 Å². The van der Waals surface area contributed by atoms with Gasteiger partial charge in [-0.2, -0.15) is 0 Å². The molecule has 0 spiro atoms. The monoisotopic (exact) mass is 299 g/mol. The van der Waals surface area contributed by atoms with E-state index in [1.54, 1.807) is 19.3 Å². The second kappa shape index (κ2) is 5.49. The molecule has 21 heavy (non-hydrogen) atoms. The number of benzene rings is 1. The molecule has 0 bridgehead atoms. The maximum atomic E-state index is 11.6. The summed E-state index contributed by atoms with van der Waals surface area (Å²) in [6.07, 6.45) is 3.56. The van der Waals surface area contributed by atoms with Crippen molar-refractivity contribution in [1.29, 1.82) is 0 Å².